The summed E-state index contributed by atoms with van der Waals surface area (Å²) in [5, 5.41) is 9.18. The van der Waals surface area contributed by atoms with Crippen LogP contribution in [0.25, 0.3) is 0 Å². The molecule has 2 atom stereocenters. The standard InChI is InChI=1S/C14H15ClFNO4/c1-7(2)17-11(18)6-21-13(14(19)20)12(17)8-3-4-10(16)9(15)5-8/h3-5,7,12-13H,6H2,1-2H3,(H,19,20). The van der Waals surface area contributed by atoms with Gasteiger partial charge in [-0.05, 0) is 31.5 Å². The largest absolute Gasteiger partial charge is 0.479 e. The highest BCUT2D eigenvalue weighted by atomic mass is 35.5. The van der Waals surface area contributed by atoms with Gasteiger partial charge in [0.1, 0.15) is 12.4 Å². The van der Waals surface area contributed by atoms with Crippen molar-refractivity contribution in [3.63, 3.8) is 0 Å². The minimum absolute atomic E-state index is 0.127. The normalized spacial score (nSPS) is 22.7. The van der Waals surface area contributed by atoms with Crippen molar-refractivity contribution in [1.29, 1.82) is 0 Å². The molecule has 114 valence electrons. The molecule has 0 aromatic heterocycles. The van der Waals surface area contributed by atoms with Gasteiger partial charge in [-0.1, -0.05) is 17.7 Å². The van der Waals surface area contributed by atoms with Gasteiger partial charge in [0.25, 0.3) is 0 Å². The third-order valence-electron chi connectivity index (χ3n) is 3.35. The van der Waals surface area contributed by atoms with E-state index in [4.69, 9.17) is 16.3 Å². The van der Waals surface area contributed by atoms with Gasteiger partial charge >= 0.3 is 5.97 Å². The molecule has 0 spiro atoms. The van der Waals surface area contributed by atoms with Gasteiger partial charge in [0.05, 0.1) is 11.1 Å². The number of halogens is 2. The Morgan fingerprint density at radius 2 is 2.19 bits per heavy atom. The third kappa shape index (κ3) is 3.01. The first-order valence-corrected chi connectivity index (χ1v) is 6.81. The summed E-state index contributed by atoms with van der Waals surface area (Å²) >= 11 is 5.76. The van der Waals surface area contributed by atoms with Crippen LogP contribution in [-0.2, 0) is 14.3 Å². The van der Waals surface area contributed by atoms with E-state index in [1.54, 1.807) is 13.8 Å². The van der Waals surface area contributed by atoms with Crippen LogP contribution in [0.5, 0.6) is 0 Å². The monoisotopic (exact) mass is 315 g/mol. The Hall–Kier alpha value is -1.66. The Morgan fingerprint density at radius 3 is 2.71 bits per heavy atom. The van der Waals surface area contributed by atoms with E-state index in [2.05, 4.69) is 0 Å². The van der Waals surface area contributed by atoms with Crippen molar-refractivity contribution < 1.29 is 23.8 Å². The summed E-state index contributed by atoms with van der Waals surface area (Å²) in [6.45, 7) is 3.26. The van der Waals surface area contributed by atoms with E-state index in [0.717, 1.165) is 6.07 Å². The number of nitrogens with zero attached hydrogens (tertiary/aromatic N) is 1. The number of hydrogen-bond acceptors (Lipinski definition) is 3. The molecule has 0 radical (unpaired) electrons. The van der Waals surface area contributed by atoms with Crippen LogP contribution in [0.15, 0.2) is 18.2 Å². The topological polar surface area (TPSA) is 66.8 Å². The van der Waals surface area contributed by atoms with E-state index in [9.17, 15) is 19.1 Å². The molecule has 21 heavy (non-hydrogen) atoms. The zero-order chi connectivity index (χ0) is 15.7. The van der Waals surface area contributed by atoms with E-state index >= 15 is 0 Å². The van der Waals surface area contributed by atoms with Crippen molar-refractivity contribution in [2.24, 2.45) is 0 Å². The van der Waals surface area contributed by atoms with Crippen LogP contribution in [0.3, 0.4) is 0 Å². The van der Waals surface area contributed by atoms with E-state index in [-0.39, 0.29) is 23.6 Å². The van der Waals surface area contributed by atoms with Crippen molar-refractivity contribution >= 4 is 23.5 Å². The summed E-state index contributed by atoms with van der Waals surface area (Å²) in [6, 6.07) is 2.82. The van der Waals surface area contributed by atoms with Crippen LogP contribution >= 0.6 is 11.6 Å². The molecule has 7 heteroatoms. The van der Waals surface area contributed by atoms with Crippen molar-refractivity contribution in [2.45, 2.75) is 32.0 Å². The predicted molar refractivity (Wildman–Crippen MR) is 73.5 cm³/mol. The first-order chi connectivity index (χ1) is 9.82. The summed E-state index contributed by atoms with van der Waals surface area (Å²) < 4.78 is 18.4. The lowest BCUT2D eigenvalue weighted by atomic mass is 9.96. The second-order valence-corrected chi connectivity index (χ2v) is 5.49. The van der Waals surface area contributed by atoms with Gasteiger partial charge in [-0.25, -0.2) is 9.18 Å². The van der Waals surface area contributed by atoms with Crippen molar-refractivity contribution in [3.05, 3.63) is 34.6 Å². The molecule has 1 amide bonds. The maximum atomic E-state index is 13.3. The van der Waals surface area contributed by atoms with Crippen LogP contribution < -0.4 is 0 Å². The number of aliphatic carboxylic acids is 1. The van der Waals surface area contributed by atoms with Gasteiger partial charge in [-0.3, -0.25) is 4.79 Å². The maximum Gasteiger partial charge on any atom is 0.335 e. The lowest BCUT2D eigenvalue weighted by molar-refractivity contribution is -0.175. The molecule has 1 heterocycles. The summed E-state index contributed by atoms with van der Waals surface area (Å²) in [5.74, 6) is -2.10. The summed E-state index contributed by atoms with van der Waals surface area (Å²) in [7, 11) is 0. The predicted octanol–water partition coefficient (Wildman–Crippen LogP) is 2.24. The van der Waals surface area contributed by atoms with E-state index in [1.165, 1.54) is 17.0 Å². The molecule has 1 aliphatic heterocycles. The fraction of sp³-hybridized carbons (Fsp3) is 0.429. The first-order valence-electron chi connectivity index (χ1n) is 6.43. The second-order valence-electron chi connectivity index (χ2n) is 5.08. The van der Waals surface area contributed by atoms with Crippen LogP contribution in [0, 0.1) is 5.82 Å². The third-order valence-corrected chi connectivity index (χ3v) is 3.64. The molecule has 1 aromatic carbocycles. The molecule has 0 saturated carbocycles. The molecule has 1 fully saturated rings. The number of carbonyl (C=O) groups is 2. The quantitative estimate of drug-likeness (QED) is 0.929. The number of carboxylic acids is 1. The highest BCUT2D eigenvalue weighted by Crippen LogP contribution is 2.33. The highest BCUT2D eigenvalue weighted by Gasteiger charge is 2.43. The Morgan fingerprint density at radius 1 is 1.52 bits per heavy atom. The lowest BCUT2D eigenvalue weighted by Gasteiger charge is -2.42. The fourth-order valence-electron chi connectivity index (χ4n) is 2.48. The number of carbonyl (C=O) groups excluding carboxylic acids is 1. The van der Waals surface area contributed by atoms with Gasteiger partial charge in [0.15, 0.2) is 6.10 Å². The van der Waals surface area contributed by atoms with Crippen molar-refractivity contribution in [3.8, 4) is 0 Å². The average Bonchev–Trinajstić information content (AvgIpc) is 2.40. The highest BCUT2D eigenvalue weighted by molar-refractivity contribution is 6.30. The van der Waals surface area contributed by atoms with E-state index < -0.39 is 23.9 Å². The SMILES string of the molecule is CC(C)N1C(=O)COC(C(=O)O)C1c1ccc(F)c(Cl)c1. The first kappa shape index (κ1) is 15.7. The molecule has 2 rings (SSSR count). The van der Waals surface area contributed by atoms with Gasteiger partial charge in [-0.15, -0.1) is 0 Å². The van der Waals surface area contributed by atoms with Gasteiger partial charge < -0.3 is 14.7 Å². The minimum atomic E-state index is -1.22. The molecule has 2 unspecified atom stereocenters. The number of hydrogen-bond donors (Lipinski definition) is 1. The van der Waals surface area contributed by atoms with Crippen LogP contribution in [-0.4, -0.2) is 40.6 Å². The number of morpholine rings is 1. The van der Waals surface area contributed by atoms with Crippen LogP contribution in [0.1, 0.15) is 25.5 Å². The Balaban J connectivity index is 2.51. The maximum absolute atomic E-state index is 13.3. The average molecular weight is 316 g/mol. The summed E-state index contributed by atoms with van der Waals surface area (Å²) in [4.78, 5) is 24.9. The number of carboxylic acid groups (broad SMARTS) is 1. The number of amides is 1. The molecule has 1 aromatic rings. The summed E-state index contributed by atoms with van der Waals surface area (Å²) in [5.41, 5.74) is 0.426. The Bertz CT molecular complexity index is 578. The van der Waals surface area contributed by atoms with E-state index in [1.807, 2.05) is 0 Å². The molecule has 0 bridgehead atoms. The molecular formula is C14H15ClFNO4. The molecule has 1 N–H and O–H groups in total. The zero-order valence-electron chi connectivity index (χ0n) is 11.5. The van der Waals surface area contributed by atoms with Gasteiger partial charge in [0, 0.05) is 6.04 Å². The smallest absolute Gasteiger partial charge is 0.335 e. The Labute approximate surface area is 126 Å². The lowest BCUT2D eigenvalue weighted by Crippen LogP contribution is -2.54. The molecule has 0 aliphatic carbocycles. The molecule has 1 saturated heterocycles. The van der Waals surface area contributed by atoms with Crippen molar-refractivity contribution in [2.75, 3.05) is 6.61 Å². The fourth-order valence-corrected chi connectivity index (χ4v) is 2.66. The minimum Gasteiger partial charge on any atom is -0.479 e. The molecule has 5 nitrogen and oxygen atoms in total. The van der Waals surface area contributed by atoms with Crippen molar-refractivity contribution in [1.82, 2.24) is 4.90 Å². The summed E-state index contributed by atoms with van der Waals surface area (Å²) in [6.07, 6.45) is -1.22. The number of ether oxygens (including phenoxy) is 1. The molecular weight excluding hydrogens is 301 g/mol. The van der Waals surface area contributed by atoms with Gasteiger partial charge in [0.2, 0.25) is 5.91 Å². The molecule has 1 aliphatic rings. The van der Waals surface area contributed by atoms with Gasteiger partial charge in [-0.2, -0.15) is 0 Å². The van der Waals surface area contributed by atoms with Crippen LogP contribution in [0.2, 0.25) is 5.02 Å². The Kier molecular flexibility index (Phi) is 4.49. The second kappa shape index (κ2) is 5.99. The number of benzene rings is 1. The zero-order valence-corrected chi connectivity index (χ0v) is 12.3. The van der Waals surface area contributed by atoms with E-state index in [0.29, 0.717) is 5.56 Å². The van der Waals surface area contributed by atoms with Crippen LogP contribution in [0.4, 0.5) is 4.39 Å². The number of rotatable bonds is 3.